The molecule has 0 atom stereocenters. The molecule has 3 aromatic rings. The fourth-order valence-corrected chi connectivity index (χ4v) is 2.17. The van der Waals surface area contributed by atoms with Crippen molar-refractivity contribution in [3.63, 3.8) is 0 Å². The number of nitrogens with zero attached hydrogens (tertiary/aromatic N) is 1. The average molecular weight is 273 g/mol. The van der Waals surface area contributed by atoms with Gasteiger partial charge in [0.05, 0.1) is 6.26 Å². The molecule has 2 heteroatoms. The zero-order valence-electron chi connectivity index (χ0n) is 11.5. The van der Waals surface area contributed by atoms with Gasteiger partial charge in [0.1, 0.15) is 5.75 Å². The van der Waals surface area contributed by atoms with E-state index in [9.17, 15) is 0 Å². The number of hydrogen-bond acceptors (Lipinski definition) is 2. The Morgan fingerprint density at radius 2 is 1.38 bits per heavy atom. The third-order valence-corrected chi connectivity index (χ3v) is 3.15. The summed E-state index contributed by atoms with van der Waals surface area (Å²) in [5.41, 5.74) is 3.57. The Kier molecular flexibility index (Phi) is 4.08. The maximum atomic E-state index is 5.55. The molecule has 21 heavy (non-hydrogen) atoms. The molecule has 2 heterocycles. The summed E-state index contributed by atoms with van der Waals surface area (Å²) in [6, 6.07) is 22.1. The molecular formula is C19H15NO. The summed E-state index contributed by atoms with van der Waals surface area (Å²) in [6.07, 6.45) is 7.24. The number of rotatable bonds is 0. The summed E-state index contributed by atoms with van der Waals surface area (Å²) in [5.74, 6) is 0.915. The van der Waals surface area contributed by atoms with Crippen molar-refractivity contribution in [3.8, 4) is 16.9 Å². The van der Waals surface area contributed by atoms with Gasteiger partial charge in [0.2, 0.25) is 0 Å². The van der Waals surface area contributed by atoms with Crippen molar-refractivity contribution in [2.24, 2.45) is 0 Å². The number of aromatic nitrogens is 1. The van der Waals surface area contributed by atoms with Gasteiger partial charge in [-0.15, -0.1) is 0 Å². The predicted octanol–water partition coefficient (Wildman–Crippen LogP) is 4.80. The molecule has 0 aliphatic carbocycles. The van der Waals surface area contributed by atoms with E-state index >= 15 is 0 Å². The van der Waals surface area contributed by atoms with Gasteiger partial charge in [0.25, 0.3) is 0 Å². The Morgan fingerprint density at radius 3 is 2.10 bits per heavy atom. The molecule has 0 N–H and O–H groups in total. The number of ether oxygens (including phenoxy) is 1. The van der Waals surface area contributed by atoms with Crippen molar-refractivity contribution >= 4 is 6.08 Å². The Bertz CT molecular complexity index is 709. The van der Waals surface area contributed by atoms with Gasteiger partial charge in [-0.1, -0.05) is 48.5 Å². The van der Waals surface area contributed by atoms with Crippen molar-refractivity contribution < 1.29 is 4.74 Å². The average Bonchev–Trinajstić information content (AvgIpc) is 2.76. The monoisotopic (exact) mass is 273 g/mol. The standard InChI is InChI=1S/C14H10O.C5H5N/c1-2-6-12-11(5-1)9-10-15-14-8-4-3-7-13(12)14;1-2-4-6-5-3-1/h1-10H;1-5H. The third-order valence-electron chi connectivity index (χ3n) is 3.15. The topological polar surface area (TPSA) is 22.1 Å². The van der Waals surface area contributed by atoms with Crippen molar-refractivity contribution in [2.75, 3.05) is 0 Å². The van der Waals surface area contributed by atoms with Gasteiger partial charge < -0.3 is 4.74 Å². The second-order valence-electron chi connectivity index (χ2n) is 4.53. The minimum absolute atomic E-state index is 0.915. The second kappa shape index (κ2) is 6.53. The van der Waals surface area contributed by atoms with Gasteiger partial charge in [-0.2, -0.15) is 0 Å². The molecule has 0 unspecified atom stereocenters. The maximum Gasteiger partial charge on any atom is 0.134 e. The van der Waals surface area contributed by atoms with Crippen LogP contribution in [0.3, 0.4) is 0 Å². The Hall–Kier alpha value is -2.87. The lowest BCUT2D eigenvalue weighted by atomic mass is 9.99. The maximum absolute atomic E-state index is 5.55. The van der Waals surface area contributed by atoms with Crippen LogP contribution >= 0.6 is 0 Å². The van der Waals surface area contributed by atoms with E-state index in [1.165, 1.54) is 11.1 Å². The van der Waals surface area contributed by atoms with Gasteiger partial charge >= 0.3 is 0 Å². The summed E-state index contributed by atoms with van der Waals surface area (Å²) in [4.78, 5) is 3.78. The molecule has 2 nitrogen and oxygen atoms in total. The van der Waals surface area contributed by atoms with Crippen molar-refractivity contribution in [3.05, 3.63) is 90.9 Å². The first kappa shape index (κ1) is 13.1. The molecule has 0 saturated heterocycles. The lowest BCUT2D eigenvalue weighted by Gasteiger charge is -2.07. The molecule has 0 fully saturated rings. The molecule has 0 amide bonds. The molecule has 0 saturated carbocycles. The van der Waals surface area contributed by atoms with E-state index < -0.39 is 0 Å². The van der Waals surface area contributed by atoms with E-state index in [0.29, 0.717) is 0 Å². The SMILES string of the molecule is C1=Cc2ccccc2-c2ccccc2O1.c1ccncc1. The van der Waals surface area contributed by atoms with Crippen LogP contribution in [-0.4, -0.2) is 4.98 Å². The lowest BCUT2D eigenvalue weighted by Crippen LogP contribution is -1.84. The molecule has 102 valence electrons. The largest absolute Gasteiger partial charge is 0.464 e. The van der Waals surface area contributed by atoms with Crippen LogP contribution < -0.4 is 4.74 Å². The van der Waals surface area contributed by atoms with E-state index in [1.807, 2.05) is 48.5 Å². The summed E-state index contributed by atoms with van der Waals surface area (Å²) in [5, 5.41) is 0. The van der Waals surface area contributed by atoms with Gasteiger partial charge in [0, 0.05) is 18.0 Å². The highest BCUT2D eigenvalue weighted by Crippen LogP contribution is 2.34. The van der Waals surface area contributed by atoms with Crippen LogP contribution in [0.15, 0.2) is 85.4 Å². The number of fused-ring (bicyclic) bond motifs is 3. The highest BCUT2D eigenvalue weighted by molar-refractivity contribution is 5.80. The fraction of sp³-hybridized carbons (Fsp3) is 0. The summed E-state index contributed by atoms with van der Waals surface area (Å²) in [7, 11) is 0. The molecule has 0 radical (unpaired) electrons. The Labute approximate surface area is 124 Å². The molecule has 2 aromatic carbocycles. The minimum atomic E-state index is 0.915. The zero-order chi connectivity index (χ0) is 14.3. The van der Waals surface area contributed by atoms with Crippen molar-refractivity contribution in [2.45, 2.75) is 0 Å². The number of hydrogen-bond donors (Lipinski definition) is 0. The minimum Gasteiger partial charge on any atom is -0.464 e. The zero-order valence-corrected chi connectivity index (χ0v) is 11.5. The first-order chi connectivity index (χ1) is 10.4. The van der Waals surface area contributed by atoms with Crippen LogP contribution in [0.4, 0.5) is 0 Å². The Morgan fingerprint density at radius 1 is 0.667 bits per heavy atom. The second-order valence-corrected chi connectivity index (χ2v) is 4.53. The van der Waals surface area contributed by atoms with Crippen molar-refractivity contribution in [1.29, 1.82) is 0 Å². The fourth-order valence-electron chi connectivity index (χ4n) is 2.17. The normalized spacial score (nSPS) is 11.0. The highest BCUT2D eigenvalue weighted by Gasteiger charge is 2.10. The summed E-state index contributed by atoms with van der Waals surface area (Å²) in [6.45, 7) is 0. The van der Waals surface area contributed by atoms with Gasteiger partial charge in [-0.25, -0.2) is 0 Å². The number of benzene rings is 2. The molecule has 1 aromatic heterocycles. The summed E-state index contributed by atoms with van der Waals surface area (Å²) >= 11 is 0. The summed E-state index contributed by atoms with van der Waals surface area (Å²) < 4.78 is 5.55. The highest BCUT2D eigenvalue weighted by atomic mass is 16.5. The third kappa shape index (κ3) is 3.18. The van der Waals surface area contributed by atoms with Crippen LogP contribution in [0.5, 0.6) is 5.75 Å². The smallest absolute Gasteiger partial charge is 0.134 e. The van der Waals surface area contributed by atoms with Crippen LogP contribution in [0, 0.1) is 0 Å². The van der Waals surface area contributed by atoms with E-state index in [1.54, 1.807) is 18.7 Å². The van der Waals surface area contributed by atoms with E-state index in [2.05, 4.69) is 29.2 Å². The van der Waals surface area contributed by atoms with Crippen LogP contribution in [-0.2, 0) is 0 Å². The van der Waals surface area contributed by atoms with Crippen LogP contribution in [0.2, 0.25) is 0 Å². The molecule has 0 spiro atoms. The quantitative estimate of drug-likeness (QED) is 0.587. The lowest BCUT2D eigenvalue weighted by molar-refractivity contribution is 0.488. The van der Waals surface area contributed by atoms with E-state index in [4.69, 9.17) is 4.74 Å². The molecule has 1 aliphatic heterocycles. The first-order valence-electron chi connectivity index (χ1n) is 6.82. The van der Waals surface area contributed by atoms with Gasteiger partial charge in [-0.3, -0.25) is 4.98 Å². The first-order valence-corrected chi connectivity index (χ1v) is 6.82. The van der Waals surface area contributed by atoms with E-state index in [-0.39, 0.29) is 0 Å². The number of pyridine rings is 1. The number of para-hydroxylation sites is 1. The molecule has 1 aliphatic rings. The molecular weight excluding hydrogens is 258 g/mol. The van der Waals surface area contributed by atoms with Gasteiger partial charge in [-0.05, 0) is 35.4 Å². The van der Waals surface area contributed by atoms with Gasteiger partial charge in [0.15, 0.2) is 0 Å². The van der Waals surface area contributed by atoms with Crippen LogP contribution in [0.1, 0.15) is 5.56 Å². The van der Waals surface area contributed by atoms with Crippen molar-refractivity contribution in [1.82, 2.24) is 4.98 Å². The molecule has 0 bridgehead atoms. The Balaban J connectivity index is 0.000000186. The molecule has 4 rings (SSSR count). The van der Waals surface area contributed by atoms with Crippen LogP contribution in [0.25, 0.3) is 17.2 Å². The predicted molar refractivity (Wildman–Crippen MR) is 85.8 cm³/mol. The van der Waals surface area contributed by atoms with E-state index in [0.717, 1.165) is 11.3 Å².